The molecule has 1 unspecified atom stereocenters. The van der Waals surface area contributed by atoms with E-state index >= 15 is 0 Å². The van der Waals surface area contributed by atoms with Crippen molar-refractivity contribution in [2.75, 3.05) is 20.2 Å². The maximum Gasteiger partial charge on any atom is 0.242 e. The summed E-state index contributed by atoms with van der Waals surface area (Å²) in [6.07, 6.45) is 5.69. The number of carbonyl (C=O) groups excluding carboxylic acids is 2. The van der Waals surface area contributed by atoms with Gasteiger partial charge in [0.15, 0.2) is 0 Å². The first-order chi connectivity index (χ1) is 15.5. The lowest BCUT2D eigenvalue weighted by Crippen LogP contribution is -2.46. The Kier molecular flexibility index (Phi) is 8.37. The largest absolute Gasteiger partial charge is 0.497 e. The van der Waals surface area contributed by atoms with Crippen LogP contribution in [0.1, 0.15) is 57.7 Å². The van der Waals surface area contributed by atoms with Gasteiger partial charge in [0.2, 0.25) is 11.8 Å². The summed E-state index contributed by atoms with van der Waals surface area (Å²) in [6, 6.07) is 12.2. The fourth-order valence-corrected chi connectivity index (χ4v) is 3.98. The molecule has 1 aromatic heterocycles. The Labute approximate surface area is 192 Å². The molecule has 1 saturated carbocycles. The minimum Gasteiger partial charge on any atom is -0.497 e. The Hall–Kier alpha value is -2.76. The highest BCUT2D eigenvalue weighted by molar-refractivity contribution is 5.87. The third-order valence-corrected chi connectivity index (χ3v) is 6.24. The molecular formula is C26H37N3O3. The molecule has 1 aromatic carbocycles. The molecule has 0 bridgehead atoms. The van der Waals surface area contributed by atoms with E-state index < -0.39 is 0 Å². The highest BCUT2D eigenvalue weighted by Crippen LogP contribution is 2.31. The number of amides is 2. The van der Waals surface area contributed by atoms with E-state index in [2.05, 4.69) is 37.5 Å². The molecule has 0 radical (unpaired) electrons. The number of benzene rings is 1. The average Bonchev–Trinajstić information content (AvgIpc) is 3.57. The molecule has 32 heavy (non-hydrogen) atoms. The van der Waals surface area contributed by atoms with E-state index in [0.29, 0.717) is 19.6 Å². The molecule has 1 heterocycles. The lowest BCUT2D eigenvalue weighted by Gasteiger charge is -2.32. The van der Waals surface area contributed by atoms with Crippen molar-refractivity contribution in [2.24, 2.45) is 5.92 Å². The van der Waals surface area contributed by atoms with Crippen LogP contribution in [0.5, 0.6) is 5.75 Å². The van der Waals surface area contributed by atoms with E-state index in [4.69, 9.17) is 4.74 Å². The van der Waals surface area contributed by atoms with Crippen molar-refractivity contribution in [3.63, 3.8) is 0 Å². The van der Waals surface area contributed by atoms with Crippen molar-refractivity contribution in [1.82, 2.24) is 14.4 Å². The van der Waals surface area contributed by atoms with Crippen LogP contribution in [-0.2, 0) is 22.7 Å². The first kappa shape index (κ1) is 23.9. The number of carbonyl (C=O) groups is 2. The zero-order chi connectivity index (χ0) is 23.1. The number of hydrogen-bond donors (Lipinski definition) is 0. The molecule has 1 aliphatic rings. The van der Waals surface area contributed by atoms with Crippen LogP contribution >= 0.6 is 0 Å². The summed E-state index contributed by atoms with van der Waals surface area (Å²) in [6.45, 7) is 8.29. The monoisotopic (exact) mass is 439 g/mol. The number of rotatable bonds is 12. The van der Waals surface area contributed by atoms with Gasteiger partial charge in [-0.1, -0.05) is 26.0 Å². The van der Waals surface area contributed by atoms with Gasteiger partial charge >= 0.3 is 0 Å². The Bertz CT molecular complexity index is 903. The molecule has 1 fully saturated rings. The van der Waals surface area contributed by atoms with Crippen LogP contribution in [0.4, 0.5) is 0 Å². The molecule has 174 valence electrons. The Morgan fingerprint density at radius 1 is 1.19 bits per heavy atom. The van der Waals surface area contributed by atoms with Crippen LogP contribution in [0.2, 0.25) is 0 Å². The molecule has 0 spiro atoms. The number of hydrogen-bond acceptors (Lipinski definition) is 3. The standard InChI is InChI=1S/C26H37N3O3/c1-5-14-28(26(31)22-12-13-22)19-25(30)29(20(3)6-2)18-23-10-8-15-27(23)17-21-9-7-11-24(16-21)32-4/h7-11,15-16,20,22H,5-6,12-14,17-19H2,1-4H3. The molecule has 1 atom stereocenters. The van der Waals surface area contributed by atoms with E-state index in [0.717, 1.165) is 42.7 Å². The maximum atomic E-state index is 13.4. The van der Waals surface area contributed by atoms with Gasteiger partial charge in [-0.2, -0.15) is 0 Å². The molecule has 0 saturated heterocycles. The lowest BCUT2D eigenvalue weighted by atomic mass is 10.2. The summed E-state index contributed by atoms with van der Waals surface area (Å²) in [4.78, 5) is 29.7. The number of ether oxygens (including phenoxy) is 1. The third-order valence-electron chi connectivity index (χ3n) is 6.24. The molecular weight excluding hydrogens is 402 g/mol. The molecule has 1 aliphatic carbocycles. The van der Waals surface area contributed by atoms with Crippen molar-refractivity contribution < 1.29 is 14.3 Å². The predicted octanol–water partition coefficient (Wildman–Crippen LogP) is 4.32. The topological polar surface area (TPSA) is 54.8 Å². The summed E-state index contributed by atoms with van der Waals surface area (Å²) < 4.78 is 7.53. The van der Waals surface area contributed by atoms with E-state index in [1.165, 1.54) is 0 Å². The second-order valence-electron chi connectivity index (χ2n) is 8.79. The molecule has 2 amide bonds. The van der Waals surface area contributed by atoms with Crippen molar-refractivity contribution in [2.45, 2.75) is 65.6 Å². The smallest absolute Gasteiger partial charge is 0.242 e. The zero-order valence-corrected chi connectivity index (χ0v) is 19.9. The van der Waals surface area contributed by atoms with Crippen LogP contribution in [0, 0.1) is 5.92 Å². The molecule has 6 nitrogen and oxygen atoms in total. The minimum absolute atomic E-state index is 0.0240. The summed E-state index contributed by atoms with van der Waals surface area (Å²) in [5, 5.41) is 0. The highest BCUT2D eigenvalue weighted by atomic mass is 16.5. The number of aromatic nitrogens is 1. The second-order valence-corrected chi connectivity index (χ2v) is 8.79. The van der Waals surface area contributed by atoms with E-state index in [9.17, 15) is 9.59 Å². The van der Waals surface area contributed by atoms with Gasteiger partial charge in [0, 0.05) is 36.9 Å². The van der Waals surface area contributed by atoms with E-state index in [1.54, 1.807) is 12.0 Å². The van der Waals surface area contributed by atoms with Crippen LogP contribution in [-0.4, -0.2) is 52.4 Å². The fraction of sp³-hybridized carbons (Fsp3) is 0.538. The quantitative estimate of drug-likeness (QED) is 0.495. The van der Waals surface area contributed by atoms with Crippen LogP contribution < -0.4 is 4.74 Å². The Balaban J connectivity index is 1.73. The third kappa shape index (κ3) is 6.15. The fourth-order valence-electron chi connectivity index (χ4n) is 3.98. The summed E-state index contributed by atoms with van der Waals surface area (Å²) in [5.74, 6) is 1.14. The van der Waals surface area contributed by atoms with Crippen molar-refractivity contribution in [3.8, 4) is 5.75 Å². The van der Waals surface area contributed by atoms with Crippen LogP contribution in [0.15, 0.2) is 42.6 Å². The molecule has 6 heteroatoms. The number of nitrogens with zero attached hydrogens (tertiary/aromatic N) is 3. The molecule has 0 aliphatic heterocycles. The van der Waals surface area contributed by atoms with Gasteiger partial charge in [-0.15, -0.1) is 0 Å². The minimum atomic E-state index is 0.0240. The molecule has 2 aromatic rings. The van der Waals surface area contributed by atoms with Gasteiger partial charge in [0.05, 0.1) is 20.2 Å². The molecule has 0 N–H and O–H groups in total. The van der Waals surface area contributed by atoms with Crippen molar-refractivity contribution in [3.05, 3.63) is 53.9 Å². The molecule has 3 rings (SSSR count). The Morgan fingerprint density at radius 2 is 1.97 bits per heavy atom. The predicted molar refractivity (Wildman–Crippen MR) is 126 cm³/mol. The van der Waals surface area contributed by atoms with Gasteiger partial charge in [-0.25, -0.2) is 0 Å². The van der Waals surface area contributed by atoms with Crippen LogP contribution in [0.25, 0.3) is 0 Å². The Morgan fingerprint density at radius 3 is 2.62 bits per heavy atom. The van der Waals surface area contributed by atoms with E-state index in [-0.39, 0.29) is 30.3 Å². The van der Waals surface area contributed by atoms with Gasteiger partial charge < -0.3 is 19.1 Å². The normalized spacial score (nSPS) is 14.1. The van der Waals surface area contributed by atoms with Crippen LogP contribution in [0.3, 0.4) is 0 Å². The zero-order valence-electron chi connectivity index (χ0n) is 19.9. The first-order valence-electron chi connectivity index (χ1n) is 11.8. The lowest BCUT2D eigenvalue weighted by molar-refractivity contribution is -0.143. The first-order valence-corrected chi connectivity index (χ1v) is 11.8. The van der Waals surface area contributed by atoms with E-state index in [1.807, 2.05) is 35.4 Å². The van der Waals surface area contributed by atoms with Gasteiger partial charge in [-0.3, -0.25) is 9.59 Å². The summed E-state index contributed by atoms with van der Waals surface area (Å²) in [7, 11) is 1.67. The maximum absolute atomic E-state index is 13.4. The van der Waals surface area contributed by atoms with Gasteiger partial charge in [-0.05, 0) is 62.4 Å². The summed E-state index contributed by atoms with van der Waals surface area (Å²) >= 11 is 0. The van der Waals surface area contributed by atoms with Crippen molar-refractivity contribution >= 4 is 11.8 Å². The highest BCUT2D eigenvalue weighted by Gasteiger charge is 2.34. The van der Waals surface area contributed by atoms with Gasteiger partial charge in [0.25, 0.3) is 0 Å². The SMILES string of the molecule is CCCN(CC(=O)N(Cc1cccn1Cc1cccc(OC)c1)C(C)CC)C(=O)C1CC1. The van der Waals surface area contributed by atoms with Crippen molar-refractivity contribution in [1.29, 1.82) is 0 Å². The van der Waals surface area contributed by atoms with Gasteiger partial charge in [0.1, 0.15) is 5.75 Å². The average molecular weight is 440 g/mol. The number of methoxy groups -OCH3 is 1. The summed E-state index contributed by atoms with van der Waals surface area (Å²) in [5.41, 5.74) is 2.23. The second kappa shape index (κ2) is 11.2.